The second kappa shape index (κ2) is 12.8. The van der Waals surface area contributed by atoms with Crippen molar-refractivity contribution < 1.29 is 24.2 Å². The first kappa shape index (κ1) is 22.0. The molecule has 0 fully saturated rings. The second-order valence-corrected chi connectivity index (χ2v) is 7.77. The van der Waals surface area contributed by atoms with Crippen molar-refractivity contribution in [1.82, 2.24) is 15.0 Å². The Morgan fingerprint density at radius 3 is 2.26 bits per heavy atom. The van der Waals surface area contributed by atoms with E-state index in [9.17, 15) is 0 Å². The van der Waals surface area contributed by atoms with Crippen LogP contribution in [0.25, 0.3) is 33.8 Å². The number of rotatable bonds is 4. The first-order valence-corrected chi connectivity index (χ1v) is 11.2. The maximum absolute atomic E-state index is 7.37. The van der Waals surface area contributed by atoms with E-state index in [2.05, 4.69) is 46.1 Å². The van der Waals surface area contributed by atoms with Gasteiger partial charge in [0.15, 0.2) is 0 Å². The van der Waals surface area contributed by atoms with Gasteiger partial charge in [-0.2, -0.15) is 0 Å². The van der Waals surface area contributed by atoms with E-state index in [1.165, 1.54) is 11.8 Å². The Bertz CT molecular complexity index is 1460. The van der Waals surface area contributed by atoms with Gasteiger partial charge in [-0.05, 0) is 55.3 Å². The topological polar surface area (TPSA) is 38.7 Å². The fourth-order valence-corrected chi connectivity index (χ4v) is 3.40. The molecule has 0 aliphatic carbocycles. The van der Waals surface area contributed by atoms with Crippen molar-refractivity contribution in [1.29, 1.82) is 0 Å². The van der Waals surface area contributed by atoms with Crippen LogP contribution >= 0.6 is 0 Å². The van der Waals surface area contributed by atoms with Crippen LogP contribution in [-0.2, 0) is 26.5 Å². The van der Waals surface area contributed by atoms with Crippen LogP contribution in [0.5, 0.6) is 0 Å². The van der Waals surface area contributed by atoms with Crippen LogP contribution in [0.2, 0.25) is 0 Å². The zero-order chi connectivity index (χ0) is 26.3. The van der Waals surface area contributed by atoms with Gasteiger partial charge in [0.2, 0.25) is 0 Å². The minimum Gasteiger partial charge on any atom is -0.305 e. The molecule has 0 unspecified atom stereocenters. The number of aryl methyl sites for hydroxylation is 3. The zero-order valence-electron chi connectivity index (χ0n) is 22.6. The quantitative estimate of drug-likeness (QED) is 0.194. The van der Waals surface area contributed by atoms with Gasteiger partial charge in [0, 0.05) is 42.8 Å². The molecule has 0 atom stereocenters. The maximum atomic E-state index is 7.37. The van der Waals surface area contributed by atoms with E-state index < -0.39 is 6.85 Å². The molecule has 0 aliphatic heterocycles. The second-order valence-electron chi connectivity index (χ2n) is 7.77. The molecule has 0 bridgehead atoms. The van der Waals surface area contributed by atoms with Crippen molar-refractivity contribution in [3.63, 3.8) is 0 Å². The molecule has 0 saturated carbocycles. The molecule has 4 heteroatoms. The van der Waals surface area contributed by atoms with Crippen LogP contribution in [0.3, 0.4) is 0 Å². The van der Waals surface area contributed by atoms with Gasteiger partial charge < -0.3 is 9.97 Å². The Balaban J connectivity index is 0.000000208. The molecule has 0 spiro atoms. The van der Waals surface area contributed by atoms with E-state index >= 15 is 0 Å². The third kappa shape index (κ3) is 7.02. The van der Waals surface area contributed by atoms with E-state index in [0.29, 0.717) is 5.56 Å². The Kier molecular flexibility index (Phi) is 8.09. The van der Waals surface area contributed by atoms with Gasteiger partial charge in [0.25, 0.3) is 0 Å². The average molecular weight is 637 g/mol. The maximum Gasteiger partial charge on any atom is 0.0518 e. The van der Waals surface area contributed by atoms with Gasteiger partial charge in [-0.1, -0.05) is 41.8 Å². The fraction of sp³-hybridized carbons (Fsp3) is 0.129. The normalized spacial score (nSPS) is 11.7. The summed E-state index contributed by atoms with van der Waals surface area (Å²) in [6.07, 6.45) is 6.10. The summed E-state index contributed by atoms with van der Waals surface area (Å²) < 4.78 is 22.1. The zero-order valence-corrected chi connectivity index (χ0v) is 22.0. The summed E-state index contributed by atoms with van der Waals surface area (Å²) in [5.74, 6) is 0. The summed E-state index contributed by atoms with van der Waals surface area (Å²) in [6, 6.07) is 31.7. The molecule has 1 radical (unpaired) electrons. The van der Waals surface area contributed by atoms with Crippen LogP contribution in [0, 0.1) is 25.9 Å². The van der Waals surface area contributed by atoms with E-state index in [0.717, 1.165) is 45.8 Å². The Morgan fingerprint density at radius 2 is 1.54 bits per heavy atom. The molecule has 3 heterocycles. The molecular formula is C31H27IrN3-2. The molecular weight excluding hydrogens is 607 g/mol. The molecule has 5 rings (SSSR count). The molecule has 35 heavy (non-hydrogen) atoms. The minimum atomic E-state index is -2.10. The minimum absolute atomic E-state index is 0. The summed E-state index contributed by atoms with van der Waals surface area (Å²) in [4.78, 5) is 13.0. The summed E-state index contributed by atoms with van der Waals surface area (Å²) in [6.45, 7) is 1.83. The SMILES string of the molecule is CCc1ccnc(-c2[c-]ccc(-c3ccccn3)c2)c1.[2H]C([2H])([2H])c1cnc(-c2[c-]cccc2)cc1C.[Ir]. The number of pyridine rings is 3. The molecule has 0 saturated heterocycles. The van der Waals surface area contributed by atoms with Gasteiger partial charge in [-0.15, -0.1) is 65.7 Å². The Hall–Kier alpha value is -3.46. The van der Waals surface area contributed by atoms with Gasteiger partial charge >= 0.3 is 0 Å². The van der Waals surface area contributed by atoms with Crippen LogP contribution in [0.1, 0.15) is 27.7 Å². The third-order valence-corrected chi connectivity index (χ3v) is 5.37. The smallest absolute Gasteiger partial charge is 0.0518 e. The molecule has 3 aromatic heterocycles. The van der Waals surface area contributed by atoms with Crippen molar-refractivity contribution in [3.05, 3.63) is 126 Å². The third-order valence-electron chi connectivity index (χ3n) is 5.37. The predicted molar refractivity (Wildman–Crippen MR) is 139 cm³/mol. The van der Waals surface area contributed by atoms with Gasteiger partial charge in [0.05, 0.1) is 5.69 Å². The molecule has 2 aromatic carbocycles. The first-order valence-electron chi connectivity index (χ1n) is 12.7. The first-order chi connectivity index (χ1) is 17.8. The average Bonchev–Trinajstić information content (AvgIpc) is 2.94. The summed E-state index contributed by atoms with van der Waals surface area (Å²) >= 11 is 0. The van der Waals surface area contributed by atoms with Crippen LogP contribution < -0.4 is 0 Å². The Labute approximate surface area is 225 Å². The van der Waals surface area contributed by atoms with Crippen molar-refractivity contribution in [2.45, 2.75) is 27.1 Å². The van der Waals surface area contributed by atoms with E-state index in [1.54, 1.807) is 13.0 Å². The van der Waals surface area contributed by atoms with Crippen LogP contribution in [-0.4, -0.2) is 15.0 Å². The molecule has 0 aliphatic rings. The fourth-order valence-electron chi connectivity index (χ4n) is 3.40. The molecule has 0 amide bonds. The summed E-state index contributed by atoms with van der Waals surface area (Å²) in [5, 5.41) is 0. The van der Waals surface area contributed by atoms with Crippen molar-refractivity contribution >= 4 is 0 Å². The van der Waals surface area contributed by atoms with Crippen LogP contribution in [0.15, 0.2) is 97.5 Å². The standard InChI is InChI=1S/C18H15N2.C13H12N.Ir/c1-2-14-9-11-20-18(12-14)16-7-5-6-15(13-16)17-8-3-4-10-19-17;1-10-8-13(14-9-11(10)2)12-6-4-3-5-7-12;/h3-6,8-13H,2H2,1H3;3-6,8-9H,1-2H3;/q2*-1;/i;2D3;. The largest absolute Gasteiger partial charge is 0.305 e. The van der Waals surface area contributed by atoms with E-state index in [4.69, 9.17) is 4.11 Å². The predicted octanol–water partition coefficient (Wildman–Crippen LogP) is 7.34. The number of nitrogens with zero attached hydrogens (tertiary/aromatic N) is 3. The monoisotopic (exact) mass is 637 g/mol. The number of benzene rings is 2. The van der Waals surface area contributed by atoms with Crippen LogP contribution in [0.4, 0.5) is 0 Å². The van der Waals surface area contributed by atoms with Gasteiger partial charge in [-0.3, -0.25) is 4.98 Å². The van der Waals surface area contributed by atoms with Gasteiger partial charge in [0.1, 0.15) is 0 Å². The van der Waals surface area contributed by atoms with Crippen molar-refractivity contribution in [3.8, 4) is 33.8 Å². The number of aromatic nitrogens is 3. The molecule has 177 valence electrons. The van der Waals surface area contributed by atoms with Crippen molar-refractivity contribution in [2.75, 3.05) is 0 Å². The van der Waals surface area contributed by atoms with E-state index in [-0.39, 0.29) is 20.1 Å². The Morgan fingerprint density at radius 1 is 0.743 bits per heavy atom. The van der Waals surface area contributed by atoms with Crippen molar-refractivity contribution in [2.24, 2.45) is 0 Å². The number of hydrogen-bond acceptors (Lipinski definition) is 3. The van der Waals surface area contributed by atoms with Gasteiger partial charge in [-0.25, -0.2) is 0 Å². The van der Waals surface area contributed by atoms with E-state index in [1.807, 2.05) is 73.1 Å². The number of hydrogen-bond donors (Lipinski definition) is 0. The molecule has 5 aromatic rings. The molecule has 3 nitrogen and oxygen atoms in total. The summed E-state index contributed by atoms with van der Waals surface area (Å²) in [7, 11) is 0. The summed E-state index contributed by atoms with van der Waals surface area (Å²) in [5.41, 5.74) is 7.95. The molecule has 0 N–H and O–H groups in total.